The zero-order valence-electron chi connectivity index (χ0n) is 15.8. The molecule has 1 heterocycles. The van der Waals surface area contributed by atoms with Crippen molar-refractivity contribution < 1.29 is 23.1 Å². The van der Waals surface area contributed by atoms with Gasteiger partial charge >= 0.3 is 0 Å². The van der Waals surface area contributed by atoms with Crippen molar-refractivity contribution in [2.24, 2.45) is 34.5 Å². The van der Waals surface area contributed by atoms with Gasteiger partial charge in [-0.25, -0.2) is 8.42 Å². The molecule has 4 unspecified atom stereocenters. The third-order valence-corrected chi connectivity index (χ3v) is 11.4. The van der Waals surface area contributed by atoms with Crippen LogP contribution in [0.25, 0.3) is 0 Å². The summed E-state index contributed by atoms with van der Waals surface area (Å²) in [6, 6.07) is 0. The van der Waals surface area contributed by atoms with Crippen molar-refractivity contribution in [2.45, 2.75) is 57.1 Å². The highest BCUT2D eigenvalue weighted by Crippen LogP contribution is 2.69. The molecule has 0 radical (unpaired) electrons. The second-order valence-electron chi connectivity index (χ2n) is 9.93. The summed E-state index contributed by atoms with van der Waals surface area (Å²) in [4.78, 5) is 24.4. The minimum Gasteiger partial charge on any atom is -0.389 e. The van der Waals surface area contributed by atoms with E-state index >= 15 is 0 Å². The fourth-order valence-corrected chi connectivity index (χ4v) is 10.7. The molecule has 1 aliphatic heterocycles. The monoisotopic (exact) mass is 392 g/mol. The molecule has 6 heteroatoms. The van der Waals surface area contributed by atoms with Crippen LogP contribution in [0.4, 0.5) is 0 Å². The first kappa shape index (κ1) is 18.0. The van der Waals surface area contributed by atoms with Gasteiger partial charge in [-0.3, -0.25) is 9.59 Å². The number of sulfone groups is 1. The van der Waals surface area contributed by atoms with Gasteiger partial charge in [-0.15, -0.1) is 0 Å². The lowest BCUT2D eigenvalue weighted by atomic mass is 9.46. The maximum absolute atomic E-state index is 13.0. The summed E-state index contributed by atoms with van der Waals surface area (Å²) < 4.78 is 26.0. The van der Waals surface area contributed by atoms with Crippen molar-refractivity contribution in [3.8, 4) is 0 Å². The van der Waals surface area contributed by atoms with Crippen LogP contribution in [0.1, 0.15) is 51.9 Å². The Morgan fingerprint density at radius 3 is 2.74 bits per heavy atom. The molecule has 27 heavy (non-hydrogen) atoms. The van der Waals surface area contributed by atoms with Crippen molar-refractivity contribution in [3.63, 3.8) is 0 Å². The molecular formula is C21H28O5S. The Balaban J connectivity index is 1.58. The van der Waals surface area contributed by atoms with Crippen molar-refractivity contribution in [1.29, 1.82) is 0 Å². The lowest BCUT2D eigenvalue weighted by Gasteiger charge is -2.57. The number of carbonyl (C=O) groups excluding carboxylic acids is 2. The highest BCUT2D eigenvalue weighted by Gasteiger charge is 2.67. The van der Waals surface area contributed by atoms with E-state index in [1.54, 1.807) is 6.08 Å². The van der Waals surface area contributed by atoms with Crippen molar-refractivity contribution >= 4 is 21.4 Å². The van der Waals surface area contributed by atoms with Crippen LogP contribution >= 0.6 is 0 Å². The summed E-state index contributed by atoms with van der Waals surface area (Å²) in [6.45, 7) is 1.81. The predicted molar refractivity (Wildman–Crippen MR) is 99.6 cm³/mol. The van der Waals surface area contributed by atoms with Crippen molar-refractivity contribution in [3.05, 3.63) is 11.6 Å². The molecule has 0 amide bonds. The first-order valence-electron chi connectivity index (χ1n) is 10.3. The number of rotatable bonds is 2. The molecular weight excluding hydrogens is 364 g/mol. The van der Waals surface area contributed by atoms with Gasteiger partial charge < -0.3 is 5.11 Å². The van der Waals surface area contributed by atoms with Crippen LogP contribution in [0.3, 0.4) is 0 Å². The largest absolute Gasteiger partial charge is 0.389 e. The van der Waals surface area contributed by atoms with E-state index in [1.165, 1.54) is 0 Å². The smallest absolute Gasteiger partial charge is 0.161 e. The number of fused-ring (bicyclic) bond motifs is 3. The molecule has 2 bridgehead atoms. The molecule has 148 valence electrons. The van der Waals surface area contributed by atoms with Gasteiger partial charge in [0.25, 0.3) is 0 Å². The van der Waals surface area contributed by atoms with Crippen LogP contribution < -0.4 is 0 Å². The summed E-state index contributed by atoms with van der Waals surface area (Å²) in [5, 5.41) is 8.92. The Labute approximate surface area is 160 Å². The Morgan fingerprint density at radius 1 is 1.22 bits per heavy atom. The number of ketones is 2. The zero-order valence-corrected chi connectivity index (χ0v) is 16.6. The first-order valence-corrected chi connectivity index (χ1v) is 12.0. The lowest BCUT2D eigenvalue weighted by Crippen LogP contribution is -2.53. The van der Waals surface area contributed by atoms with Gasteiger partial charge in [-0.1, -0.05) is 6.92 Å². The van der Waals surface area contributed by atoms with E-state index in [-0.39, 0.29) is 34.1 Å². The number of carbonyl (C=O) groups is 2. The van der Waals surface area contributed by atoms with E-state index in [9.17, 15) is 23.1 Å². The Hall–Kier alpha value is -1.01. The van der Waals surface area contributed by atoms with Gasteiger partial charge in [0.15, 0.2) is 21.4 Å². The summed E-state index contributed by atoms with van der Waals surface area (Å²) in [5.41, 5.74) is 0.470. The lowest BCUT2D eigenvalue weighted by molar-refractivity contribution is -0.132. The Morgan fingerprint density at radius 2 is 2.00 bits per heavy atom. The minimum atomic E-state index is -3.21. The average molecular weight is 393 g/mol. The number of Topliss-reactive ketones (excluding diaryl/α,β-unsaturated/α-hetero) is 1. The number of aliphatic hydroxyl groups is 1. The molecule has 5 nitrogen and oxygen atoms in total. The number of aliphatic hydroxyl groups excluding tert-OH is 1. The molecule has 0 aromatic rings. The van der Waals surface area contributed by atoms with Crippen molar-refractivity contribution in [1.82, 2.24) is 0 Å². The summed E-state index contributed by atoms with van der Waals surface area (Å²) in [6.07, 6.45) is 7.05. The van der Waals surface area contributed by atoms with Gasteiger partial charge in [0.2, 0.25) is 0 Å². The van der Waals surface area contributed by atoms with Gasteiger partial charge in [0.05, 0.1) is 11.0 Å². The quantitative estimate of drug-likeness (QED) is 0.777. The fourth-order valence-electron chi connectivity index (χ4n) is 8.07. The molecule has 1 N–H and O–H groups in total. The molecule has 3 saturated carbocycles. The van der Waals surface area contributed by atoms with E-state index in [0.717, 1.165) is 31.3 Å². The van der Waals surface area contributed by atoms with Crippen LogP contribution in [0.15, 0.2) is 11.6 Å². The molecule has 1 saturated heterocycles. The normalized spacial score (nSPS) is 49.8. The highest BCUT2D eigenvalue weighted by atomic mass is 32.2. The summed E-state index contributed by atoms with van der Waals surface area (Å²) >= 11 is 0. The minimum absolute atomic E-state index is 0.0492. The molecule has 5 rings (SSSR count). The van der Waals surface area contributed by atoms with Gasteiger partial charge in [0.1, 0.15) is 6.61 Å². The predicted octanol–water partition coefficient (Wildman–Crippen LogP) is 2.08. The second-order valence-corrected chi connectivity index (χ2v) is 12.1. The molecule has 5 aliphatic rings. The van der Waals surface area contributed by atoms with E-state index < -0.39 is 21.7 Å². The van der Waals surface area contributed by atoms with Crippen molar-refractivity contribution in [2.75, 3.05) is 12.4 Å². The molecule has 0 aromatic carbocycles. The average Bonchev–Trinajstić information content (AvgIpc) is 3.04. The third kappa shape index (κ3) is 2.17. The topological polar surface area (TPSA) is 88.5 Å². The second kappa shape index (κ2) is 5.53. The number of hydrogen-bond acceptors (Lipinski definition) is 5. The van der Waals surface area contributed by atoms with Crippen LogP contribution in [-0.2, 0) is 19.4 Å². The van der Waals surface area contributed by atoms with E-state index in [2.05, 4.69) is 6.92 Å². The SMILES string of the molecule is C[C@]12CCC3C(C[C@@H]4C5=CC(=O)CC[C@@]53CS4(=O)=O)C1CCC2C(=O)CO. The van der Waals surface area contributed by atoms with Crippen LogP contribution in [-0.4, -0.2) is 42.7 Å². The van der Waals surface area contributed by atoms with E-state index in [0.29, 0.717) is 37.0 Å². The maximum atomic E-state index is 13.0. The van der Waals surface area contributed by atoms with Crippen LogP contribution in [0.2, 0.25) is 0 Å². The first-order chi connectivity index (χ1) is 12.7. The molecule has 7 atom stereocenters. The molecule has 0 spiro atoms. The van der Waals surface area contributed by atoms with Crippen LogP contribution in [0.5, 0.6) is 0 Å². The Kier molecular flexibility index (Phi) is 3.70. The molecule has 4 fully saturated rings. The molecule has 0 aromatic heterocycles. The van der Waals surface area contributed by atoms with E-state index in [1.807, 2.05) is 0 Å². The summed E-state index contributed by atoms with van der Waals surface area (Å²) in [5.74, 6) is 1.13. The number of hydrogen-bond donors (Lipinski definition) is 1. The molecule has 4 aliphatic carbocycles. The van der Waals surface area contributed by atoms with Gasteiger partial charge in [-0.2, -0.15) is 0 Å². The summed E-state index contributed by atoms with van der Waals surface area (Å²) in [7, 11) is -3.21. The Bertz CT molecular complexity index is 858. The van der Waals surface area contributed by atoms with Crippen LogP contribution in [0, 0.1) is 34.5 Å². The zero-order chi connectivity index (χ0) is 19.2. The standard InChI is InChI=1S/C21H28O5S/c1-20-6-5-15-13(14(20)2-3-16(20)18(24)10-22)9-19-17-8-12(23)4-7-21(15,17)11-27(19,25)26/h8,13-16,19,22H,2-7,9-11H2,1H3/t13?,14?,15?,16?,19-,20+,21+/m1/s1. The maximum Gasteiger partial charge on any atom is 0.161 e. The van der Waals surface area contributed by atoms with Gasteiger partial charge in [-0.05, 0) is 73.3 Å². The van der Waals surface area contributed by atoms with Gasteiger partial charge in [0, 0.05) is 17.8 Å². The third-order valence-electron chi connectivity index (χ3n) is 9.13. The van der Waals surface area contributed by atoms with E-state index in [4.69, 9.17) is 0 Å². The highest BCUT2D eigenvalue weighted by molar-refractivity contribution is 7.92. The fraction of sp³-hybridized carbons (Fsp3) is 0.810.